The van der Waals surface area contributed by atoms with Crippen LogP contribution in [0.4, 0.5) is 0 Å². The lowest BCUT2D eigenvalue weighted by Gasteiger charge is -2.06. The molecule has 0 saturated carbocycles. The molecule has 0 unspecified atom stereocenters. The third-order valence-corrected chi connectivity index (χ3v) is 5.27. The molecular formula is C30H18N6. The van der Waals surface area contributed by atoms with Crippen molar-refractivity contribution < 1.29 is 0 Å². The topological polar surface area (TPSA) is 110 Å². The van der Waals surface area contributed by atoms with Gasteiger partial charge in [0.25, 0.3) is 0 Å². The Morgan fingerprint density at radius 2 is 0.722 bits per heavy atom. The van der Waals surface area contributed by atoms with Crippen molar-refractivity contribution in [2.24, 2.45) is 0 Å². The number of hydrogen-bond acceptors (Lipinski definition) is 6. The molecule has 6 heteroatoms. The van der Waals surface area contributed by atoms with E-state index in [9.17, 15) is 15.8 Å². The van der Waals surface area contributed by atoms with E-state index in [1.807, 2.05) is 18.2 Å². The molecule has 0 radical (unpaired) electrons. The number of rotatable bonds is 6. The Hall–Kier alpha value is -5.64. The second kappa shape index (κ2) is 11.5. The molecule has 0 atom stereocenters. The normalized spacial score (nSPS) is 11.8. The van der Waals surface area contributed by atoms with Crippen LogP contribution in [0.3, 0.4) is 0 Å². The number of pyridine rings is 3. The second-order valence-corrected chi connectivity index (χ2v) is 7.65. The largest absolute Gasteiger partial charge is 0.265 e. The standard InChI is InChI=1S/C30H18N6/c31-19-28(25-1-7-34-8-2-25)16-22-13-23(17-29(20-32)26-3-9-35-10-4-26)15-24(14-22)18-30(21-33)27-5-11-36-12-6-27/h1-18H/b28-16+,29-17+,30-18+. The van der Waals surface area contributed by atoms with Gasteiger partial charge in [-0.1, -0.05) is 0 Å². The van der Waals surface area contributed by atoms with Gasteiger partial charge in [-0.05, 0) is 106 Å². The van der Waals surface area contributed by atoms with Gasteiger partial charge >= 0.3 is 0 Å². The third-order valence-electron chi connectivity index (χ3n) is 5.27. The van der Waals surface area contributed by atoms with Crippen molar-refractivity contribution in [3.8, 4) is 18.2 Å². The zero-order valence-corrected chi connectivity index (χ0v) is 19.1. The summed E-state index contributed by atoms with van der Waals surface area (Å²) in [6, 6.07) is 23.1. The molecule has 0 aliphatic rings. The molecule has 4 aromatic rings. The fourth-order valence-electron chi connectivity index (χ4n) is 3.59. The summed E-state index contributed by atoms with van der Waals surface area (Å²) in [4.78, 5) is 12.1. The van der Waals surface area contributed by atoms with Crippen molar-refractivity contribution in [3.63, 3.8) is 0 Å². The predicted octanol–water partition coefficient (Wildman–Crippen LogP) is 6.06. The molecule has 3 aromatic heterocycles. The maximum atomic E-state index is 9.78. The summed E-state index contributed by atoms with van der Waals surface area (Å²) in [5.41, 5.74) is 5.90. The highest BCUT2D eigenvalue weighted by atomic mass is 14.6. The first kappa shape index (κ1) is 23.5. The summed E-state index contributed by atoms with van der Waals surface area (Å²) >= 11 is 0. The quantitative estimate of drug-likeness (QED) is 0.322. The van der Waals surface area contributed by atoms with Crippen molar-refractivity contribution in [1.82, 2.24) is 15.0 Å². The Morgan fingerprint density at radius 3 is 0.944 bits per heavy atom. The van der Waals surface area contributed by atoms with Crippen LogP contribution in [0.2, 0.25) is 0 Å². The number of nitriles is 3. The molecule has 0 spiro atoms. The number of hydrogen-bond donors (Lipinski definition) is 0. The molecule has 36 heavy (non-hydrogen) atoms. The highest BCUT2D eigenvalue weighted by molar-refractivity contribution is 5.94. The van der Waals surface area contributed by atoms with Crippen molar-refractivity contribution in [1.29, 1.82) is 15.8 Å². The van der Waals surface area contributed by atoms with Gasteiger partial charge in [-0.25, -0.2) is 0 Å². The Labute approximate surface area is 209 Å². The van der Waals surface area contributed by atoms with Crippen LogP contribution < -0.4 is 0 Å². The average Bonchev–Trinajstić information content (AvgIpc) is 2.94. The van der Waals surface area contributed by atoms with Crippen LogP contribution in [-0.4, -0.2) is 15.0 Å². The van der Waals surface area contributed by atoms with Crippen LogP contribution in [0, 0.1) is 34.0 Å². The van der Waals surface area contributed by atoms with E-state index in [4.69, 9.17) is 0 Å². The van der Waals surface area contributed by atoms with Crippen LogP contribution in [0.15, 0.2) is 91.8 Å². The smallest absolute Gasteiger partial charge is 0.0998 e. The van der Waals surface area contributed by atoms with Gasteiger partial charge in [-0.2, -0.15) is 15.8 Å². The molecule has 168 valence electrons. The lowest BCUT2D eigenvalue weighted by molar-refractivity contribution is 1.32. The number of nitrogens with zero attached hydrogens (tertiary/aromatic N) is 6. The minimum absolute atomic E-state index is 0.470. The summed E-state index contributed by atoms with van der Waals surface area (Å²) < 4.78 is 0. The third kappa shape index (κ3) is 5.83. The first-order chi connectivity index (χ1) is 17.7. The molecular weight excluding hydrogens is 444 g/mol. The van der Waals surface area contributed by atoms with E-state index in [0.717, 1.165) is 33.4 Å². The van der Waals surface area contributed by atoms with Gasteiger partial charge in [0.1, 0.15) is 0 Å². The molecule has 0 N–H and O–H groups in total. The van der Waals surface area contributed by atoms with Crippen LogP contribution in [0.1, 0.15) is 33.4 Å². The minimum Gasteiger partial charge on any atom is -0.265 e. The van der Waals surface area contributed by atoms with Gasteiger partial charge in [0, 0.05) is 37.2 Å². The summed E-state index contributed by atoms with van der Waals surface area (Å²) in [5.74, 6) is 0. The molecule has 0 amide bonds. The van der Waals surface area contributed by atoms with Crippen LogP contribution >= 0.6 is 0 Å². The molecule has 0 fully saturated rings. The SMILES string of the molecule is N#C/C(=C\c1cc(/C=C(\C#N)c2ccncc2)cc(/C=C(\C#N)c2ccncc2)c1)c1ccncc1. The van der Waals surface area contributed by atoms with E-state index in [1.165, 1.54) is 0 Å². The Kier molecular flexibility index (Phi) is 7.50. The molecule has 4 rings (SSSR count). The fourth-order valence-corrected chi connectivity index (χ4v) is 3.59. The van der Waals surface area contributed by atoms with E-state index in [0.29, 0.717) is 16.7 Å². The van der Waals surface area contributed by atoms with Gasteiger partial charge in [-0.3, -0.25) is 15.0 Å². The lowest BCUT2D eigenvalue weighted by Crippen LogP contribution is -1.88. The van der Waals surface area contributed by atoms with Crippen LogP contribution in [0.5, 0.6) is 0 Å². The van der Waals surface area contributed by atoms with Gasteiger partial charge in [0.05, 0.1) is 34.9 Å². The maximum Gasteiger partial charge on any atom is 0.0998 e. The Bertz CT molecular complexity index is 1370. The summed E-state index contributed by atoms with van der Waals surface area (Å²) in [7, 11) is 0. The Balaban J connectivity index is 1.87. The molecule has 0 bridgehead atoms. The van der Waals surface area contributed by atoms with E-state index >= 15 is 0 Å². The van der Waals surface area contributed by atoms with E-state index in [-0.39, 0.29) is 0 Å². The molecule has 1 aromatic carbocycles. The van der Waals surface area contributed by atoms with Crippen molar-refractivity contribution in [3.05, 3.63) is 125 Å². The first-order valence-corrected chi connectivity index (χ1v) is 10.9. The molecule has 0 aliphatic carbocycles. The highest BCUT2D eigenvalue weighted by Gasteiger charge is 2.07. The summed E-state index contributed by atoms with van der Waals surface area (Å²) in [6.07, 6.45) is 15.1. The van der Waals surface area contributed by atoms with Gasteiger partial charge < -0.3 is 0 Å². The number of benzene rings is 1. The van der Waals surface area contributed by atoms with Crippen molar-refractivity contribution in [2.75, 3.05) is 0 Å². The van der Waals surface area contributed by atoms with Crippen molar-refractivity contribution >= 4 is 34.9 Å². The maximum absolute atomic E-state index is 9.78. The molecule has 3 heterocycles. The summed E-state index contributed by atoms with van der Waals surface area (Å²) in [6.45, 7) is 0. The zero-order chi connectivity index (χ0) is 25.2. The van der Waals surface area contributed by atoms with E-state index < -0.39 is 0 Å². The second-order valence-electron chi connectivity index (χ2n) is 7.65. The predicted molar refractivity (Wildman–Crippen MR) is 140 cm³/mol. The van der Waals surface area contributed by atoms with Gasteiger partial charge in [0.15, 0.2) is 0 Å². The summed E-state index contributed by atoms with van der Waals surface area (Å²) in [5, 5.41) is 29.3. The highest BCUT2D eigenvalue weighted by Crippen LogP contribution is 2.25. The van der Waals surface area contributed by atoms with Crippen molar-refractivity contribution in [2.45, 2.75) is 0 Å². The van der Waals surface area contributed by atoms with Crippen LogP contribution in [-0.2, 0) is 0 Å². The van der Waals surface area contributed by atoms with E-state index in [1.54, 1.807) is 91.8 Å². The fraction of sp³-hybridized carbons (Fsp3) is 0. The number of allylic oxidation sites excluding steroid dienone is 3. The van der Waals surface area contributed by atoms with Gasteiger partial charge in [-0.15, -0.1) is 0 Å². The number of aromatic nitrogens is 3. The molecule has 0 saturated heterocycles. The van der Waals surface area contributed by atoms with Crippen LogP contribution in [0.25, 0.3) is 34.9 Å². The van der Waals surface area contributed by atoms with E-state index in [2.05, 4.69) is 33.2 Å². The zero-order valence-electron chi connectivity index (χ0n) is 19.1. The minimum atomic E-state index is 0.470. The average molecular weight is 463 g/mol. The van der Waals surface area contributed by atoms with Gasteiger partial charge in [0.2, 0.25) is 0 Å². The molecule has 0 aliphatic heterocycles. The monoisotopic (exact) mass is 462 g/mol. The first-order valence-electron chi connectivity index (χ1n) is 10.9. The lowest BCUT2D eigenvalue weighted by atomic mass is 9.97. The molecule has 6 nitrogen and oxygen atoms in total. The Morgan fingerprint density at radius 1 is 0.472 bits per heavy atom.